The zero-order valence-corrected chi connectivity index (χ0v) is 18.1. The molecule has 3 heterocycles. The number of nitrogen functional groups attached to an aromatic ring is 1. The topological polar surface area (TPSA) is 59.1 Å². The highest BCUT2D eigenvalue weighted by Gasteiger charge is 2.40. The van der Waals surface area contributed by atoms with E-state index in [4.69, 9.17) is 5.73 Å². The van der Waals surface area contributed by atoms with Gasteiger partial charge in [0, 0.05) is 53.9 Å². The molecule has 4 rings (SSSR count). The second kappa shape index (κ2) is 7.35. The van der Waals surface area contributed by atoms with Gasteiger partial charge in [-0.1, -0.05) is 13.2 Å². The first-order chi connectivity index (χ1) is 14.2. The van der Waals surface area contributed by atoms with Gasteiger partial charge in [-0.15, -0.1) is 0 Å². The fraction of sp³-hybridized carbons (Fsp3) is 0.375. The lowest BCUT2D eigenvalue weighted by atomic mass is 9.79. The van der Waals surface area contributed by atoms with Crippen molar-refractivity contribution < 1.29 is 4.39 Å². The lowest BCUT2D eigenvalue weighted by Gasteiger charge is -2.47. The number of rotatable bonds is 6. The van der Waals surface area contributed by atoms with Gasteiger partial charge >= 0.3 is 0 Å². The Labute approximate surface area is 177 Å². The molecule has 1 aromatic heterocycles. The number of benzene rings is 1. The quantitative estimate of drug-likeness (QED) is 0.515. The van der Waals surface area contributed by atoms with Crippen molar-refractivity contribution in [1.82, 2.24) is 9.55 Å². The molecule has 0 saturated heterocycles. The number of aromatic nitrogens is 2. The number of hydrogen-bond acceptors (Lipinski definition) is 4. The maximum absolute atomic E-state index is 15.5. The van der Waals surface area contributed by atoms with Crippen LogP contribution in [0.2, 0.25) is 0 Å². The molecule has 3 N–H and O–H groups in total. The molecule has 0 bridgehead atoms. The van der Waals surface area contributed by atoms with E-state index in [1.54, 1.807) is 12.5 Å². The number of nitrogens with zero attached hydrogens (tertiary/aromatic N) is 3. The molecule has 2 aliphatic heterocycles. The molecule has 1 aromatic carbocycles. The summed E-state index contributed by atoms with van der Waals surface area (Å²) in [5, 5.41) is 3.33. The minimum Gasteiger partial charge on any atom is -0.396 e. The summed E-state index contributed by atoms with van der Waals surface area (Å²) in [5.74, 6) is -0.379. The first-order valence-electron chi connectivity index (χ1n) is 10.4. The van der Waals surface area contributed by atoms with E-state index < -0.39 is 0 Å². The van der Waals surface area contributed by atoms with Crippen LogP contribution in [0.15, 0.2) is 49.2 Å². The molecule has 0 atom stereocenters. The van der Waals surface area contributed by atoms with Crippen molar-refractivity contribution in [2.75, 3.05) is 22.5 Å². The fourth-order valence-corrected chi connectivity index (χ4v) is 4.47. The number of halogens is 1. The Hall–Kier alpha value is -3.02. The van der Waals surface area contributed by atoms with Gasteiger partial charge in [-0.25, -0.2) is 9.37 Å². The SMILES string of the molecule is C=C(C)C1=CN2c3c(c(NCCCn4ccnc4)c(F)c(N)c3C1=C)CCC2(C)C. The van der Waals surface area contributed by atoms with Gasteiger partial charge in [0.2, 0.25) is 0 Å². The summed E-state index contributed by atoms with van der Waals surface area (Å²) in [6.45, 7) is 16.2. The van der Waals surface area contributed by atoms with Crippen molar-refractivity contribution in [1.29, 1.82) is 0 Å². The van der Waals surface area contributed by atoms with E-state index in [0.29, 0.717) is 17.8 Å². The third-order valence-corrected chi connectivity index (χ3v) is 6.23. The lowest BCUT2D eigenvalue weighted by Crippen LogP contribution is -2.46. The largest absolute Gasteiger partial charge is 0.396 e. The van der Waals surface area contributed by atoms with Crippen LogP contribution in [0.5, 0.6) is 0 Å². The maximum Gasteiger partial charge on any atom is 0.170 e. The molecule has 2 aliphatic rings. The van der Waals surface area contributed by atoms with Crippen molar-refractivity contribution in [2.45, 2.75) is 52.1 Å². The van der Waals surface area contributed by atoms with Crippen LogP contribution in [-0.4, -0.2) is 21.6 Å². The Bertz CT molecular complexity index is 1050. The molecule has 0 aliphatic carbocycles. The van der Waals surface area contributed by atoms with E-state index in [0.717, 1.165) is 53.8 Å². The number of allylic oxidation sites excluding steroid dienone is 3. The van der Waals surface area contributed by atoms with E-state index in [2.05, 4.69) is 48.4 Å². The number of anilines is 3. The van der Waals surface area contributed by atoms with Gasteiger partial charge in [-0.05, 0) is 51.2 Å². The van der Waals surface area contributed by atoms with Crippen LogP contribution in [0.1, 0.15) is 44.7 Å². The summed E-state index contributed by atoms with van der Waals surface area (Å²) < 4.78 is 17.5. The molecule has 158 valence electrons. The highest BCUT2D eigenvalue weighted by Crippen LogP contribution is 2.52. The van der Waals surface area contributed by atoms with E-state index in [9.17, 15) is 0 Å². The van der Waals surface area contributed by atoms with Crippen LogP contribution >= 0.6 is 0 Å². The van der Waals surface area contributed by atoms with Gasteiger partial charge in [-0.3, -0.25) is 0 Å². The Morgan fingerprint density at radius 2 is 2.17 bits per heavy atom. The van der Waals surface area contributed by atoms with Gasteiger partial charge in [0.1, 0.15) is 0 Å². The van der Waals surface area contributed by atoms with Crippen LogP contribution in [0.25, 0.3) is 5.57 Å². The smallest absolute Gasteiger partial charge is 0.170 e. The predicted molar refractivity (Wildman–Crippen MR) is 123 cm³/mol. The summed E-state index contributed by atoms with van der Waals surface area (Å²) >= 11 is 0. The third kappa shape index (κ3) is 3.20. The molecule has 0 radical (unpaired) electrons. The predicted octanol–water partition coefficient (Wildman–Crippen LogP) is 5.12. The van der Waals surface area contributed by atoms with Crippen molar-refractivity contribution in [3.05, 3.63) is 66.2 Å². The number of nitrogens with one attached hydrogen (secondary N) is 1. The highest BCUT2D eigenvalue weighted by atomic mass is 19.1. The monoisotopic (exact) mass is 407 g/mol. The van der Waals surface area contributed by atoms with Gasteiger partial charge in [0.05, 0.1) is 23.4 Å². The van der Waals surface area contributed by atoms with Crippen LogP contribution in [0.4, 0.5) is 21.5 Å². The minimum atomic E-state index is -0.379. The number of nitrogens with two attached hydrogens (primary N) is 1. The molecule has 6 heteroatoms. The maximum atomic E-state index is 15.5. The molecule has 0 fully saturated rings. The average Bonchev–Trinajstić information content (AvgIpc) is 3.20. The van der Waals surface area contributed by atoms with Gasteiger partial charge in [0.25, 0.3) is 0 Å². The Balaban J connectivity index is 1.73. The first kappa shape index (κ1) is 20.3. The Kier molecular flexibility index (Phi) is 4.96. The molecule has 2 aromatic rings. The van der Waals surface area contributed by atoms with E-state index in [-0.39, 0.29) is 17.0 Å². The van der Waals surface area contributed by atoms with Crippen molar-refractivity contribution in [2.24, 2.45) is 0 Å². The summed E-state index contributed by atoms with van der Waals surface area (Å²) in [6.07, 6.45) is 10.1. The number of imidazole rings is 1. The molecule has 0 saturated carbocycles. The molecule has 5 nitrogen and oxygen atoms in total. The highest BCUT2D eigenvalue weighted by molar-refractivity contribution is 6.00. The molecule has 30 heavy (non-hydrogen) atoms. The fourth-order valence-electron chi connectivity index (χ4n) is 4.47. The minimum absolute atomic E-state index is 0.105. The van der Waals surface area contributed by atoms with Gasteiger partial charge in [0.15, 0.2) is 5.82 Å². The van der Waals surface area contributed by atoms with Crippen LogP contribution in [0, 0.1) is 5.82 Å². The summed E-state index contributed by atoms with van der Waals surface area (Å²) in [7, 11) is 0. The van der Waals surface area contributed by atoms with Crippen LogP contribution in [0.3, 0.4) is 0 Å². The van der Waals surface area contributed by atoms with Crippen LogP contribution < -0.4 is 16.0 Å². The first-order valence-corrected chi connectivity index (χ1v) is 10.4. The normalized spacial score (nSPS) is 16.9. The molecule has 0 amide bonds. The average molecular weight is 408 g/mol. The number of aryl methyl sites for hydroxylation is 1. The van der Waals surface area contributed by atoms with Gasteiger partial charge < -0.3 is 20.5 Å². The molecule has 0 unspecified atom stereocenters. The summed E-state index contributed by atoms with van der Waals surface area (Å²) in [4.78, 5) is 6.30. The molecule has 0 spiro atoms. The second-order valence-electron chi connectivity index (χ2n) is 8.87. The molecular formula is C24H30FN5. The standard InChI is InChI=1S/C24H30FN5/c1-15(2)18-13-30-23-17(7-8-24(30,4)5)22(20(25)21(26)19(23)16(18)3)28-9-6-11-29-12-10-27-14-29/h10,12-14,28H,1,3,6-9,11,26H2,2,4-5H3. The van der Waals surface area contributed by atoms with Crippen molar-refractivity contribution in [3.8, 4) is 0 Å². The van der Waals surface area contributed by atoms with E-state index in [1.165, 1.54) is 0 Å². The third-order valence-electron chi connectivity index (χ3n) is 6.23. The van der Waals surface area contributed by atoms with Crippen molar-refractivity contribution >= 4 is 22.6 Å². The Morgan fingerprint density at radius 1 is 1.40 bits per heavy atom. The Morgan fingerprint density at radius 3 is 2.83 bits per heavy atom. The summed E-state index contributed by atoms with van der Waals surface area (Å²) in [6, 6.07) is 0. The van der Waals surface area contributed by atoms with Crippen LogP contribution in [-0.2, 0) is 13.0 Å². The lowest BCUT2D eigenvalue weighted by molar-refractivity contribution is 0.441. The number of hydrogen-bond donors (Lipinski definition) is 2. The van der Waals surface area contributed by atoms with E-state index in [1.807, 2.05) is 17.7 Å². The molecular weight excluding hydrogens is 377 g/mol. The van der Waals surface area contributed by atoms with Gasteiger partial charge in [-0.2, -0.15) is 0 Å². The zero-order chi connectivity index (χ0) is 21.6. The summed E-state index contributed by atoms with van der Waals surface area (Å²) in [5.41, 5.74) is 12.2. The van der Waals surface area contributed by atoms with E-state index >= 15 is 4.39 Å². The second-order valence-corrected chi connectivity index (χ2v) is 8.87. The zero-order valence-electron chi connectivity index (χ0n) is 18.1. The van der Waals surface area contributed by atoms with Crippen molar-refractivity contribution in [3.63, 3.8) is 0 Å².